The number of aryl methyl sites for hydroxylation is 2. The van der Waals surface area contributed by atoms with Gasteiger partial charge in [0.15, 0.2) is 5.82 Å². The first-order valence-electron chi connectivity index (χ1n) is 10.3. The van der Waals surface area contributed by atoms with Crippen molar-refractivity contribution in [3.05, 3.63) is 41.9 Å². The standard InChI is InChI=1S/C22H31N5O2/c1-16-8-9-20(29-11-5-7-18-6-4-10-27(3)15-18)19(12-16)25-22(28)26-21-14-23-17(2)13-24-21/h8-9,12-14,18H,4-7,10-11,15H2,1-3H3,(H2,24,25,26,28). The lowest BCUT2D eigenvalue weighted by molar-refractivity contribution is 0.191. The molecule has 1 aliphatic rings. The number of nitrogens with one attached hydrogen (secondary N) is 2. The lowest BCUT2D eigenvalue weighted by Gasteiger charge is -2.29. The highest BCUT2D eigenvalue weighted by Gasteiger charge is 2.17. The first-order valence-corrected chi connectivity index (χ1v) is 10.3. The maximum absolute atomic E-state index is 12.3. The van der Waals surface area contributed by atoms with Crippen LogP contribution in [-0.2, 0) is 0 Å². The van der Waals surface area contributed by atoms with Gasteiger partial charge >= 0.3 is 6.03 Å². The average molecular weight is 398 g/mol. The number of piperidine rings is 1. The number of ether oxygens (including phenoxy) is 1. The number of benzene rings is 1. The monoisotopic (exact) mass is 397 g/mol. The topological polar surface area (TPSA) is 79.4 Å². The molecule has 2 heterocycles. The van der Waals surface area contributed by atoms with Crippen LogP contribution in [-0.4, -0.2) is 47.6 Å². The van der Waals surface area contributed by atoms with E-state index < -0.39 is 0 Å². The molecule has 2 amide bonds. The molecule has 1 unspecified atom stereocenters. The van der Waals surface area contributed by atoms with Crippen molar-refractivity contribution in [2.75, 3.05) is 37.4 Å². The first kappa shape index (κ1) is 21.0. The van der Waals surface area contributed by atoms with Gasteiger partial charge in [-0.05, 0) is 76.7 Å². The predicted octanol–water partition coefficient (Wildman–Crippen LogP) is 4.24. The SMILES string of the molecule is Cc1ccc(OCCCC2CCCN(C)C2)c(NC(=O)Nc2cnc(C)cn2)c1. The Morgan fingerprint density at radius 2 is 2.10 bits per heavy atom. The average Bonchev–Trinajstić information content (AvgIpc) is 2.68. The molecule has 1 atom stereocenters. The Balaban J connectivity index is 1.51. The van der Waals surface area contributed by atoms with Gasteiger partial charge in [-0.25, -0.2) is 9.78 Å². The number of carbonyl (C=O) groups excluding carboxylic acids is 1. The largest absolute Gasteiger partial charge is 0.491 e. The van der Waals surface area contributed by atoms with Crippen molar-refractivity contribution in [3.63, 3.8) is 0 Å². The van der Waals surface area contributed by atoms with Crippen LogP contribution in [0.1, 0.15) is 36.9 Å². The van der Waals surface area contributed by atoms with Crippen LogP contribution < -0.4 is 15.4 Å². The third-order valence-electron chi connectivity index (χ3n) is 5.14. The molecule has 2 N–H and O–H groups in total. The van der Waals surface area contributed by atoms with E-state index in [9.17, 15) is 4.79 Å². The van der Waals surface area contributed by atoms with Crippen LogP contribution in [0.15, 0.2) is 30.6 Å². The second-order valence-electron chi connectivity index (χ2n) is 7.88. The van der Waals surface area contributed by atoms with Gasteiger partial charge < -0.3 is 15.0 Å². The third-order valence-corrected chi connectivity index (χ3v) is 5.14. The van der Waals surface area contributed by atoms with Gasteiger partial charge in [0.1, 0.15) is 5.75 Å². The van der Waals surface area contributed by atoms with E-state index in [1.54, 1.807) is 6.20 Å². The second kappa shape index (κ2) is 10.2. The fourth-order valence-corrected chi connectivity index (χ4v) is 3.66. The first-order chi connectivity index (χ1) is 14.0. The van der Waals surface area contributed by atoms with E-state index in [4.69, 9.17) is 4.74 Å². The summed E-state index contributed by atoms with van der Waals surface area (Å²) >= 11 is 0. The van der Waals surface area contributed by atoms with Gasteiger partial charge in [0.05, 0.1) is 30.4 Å². The quantitative estimate of drug-likeness (QED) is 0.683. The summed E-state index contributed by atoms with van der Waals surface area (Å²) in [7, 11) is 2.19. The van der Waals surface area contributed by atoms with E-state index in [1.165, 1.54) is 38.5 Å². The Bertz CT molecular complexity index is 809. The van der Waals surface area contributed by atoms with E-state index in [-0.39, 0.29) is 6.03 Å². The maximum atomic E-state index is 12.3. The van der Waals surface area contributed by atoms with Crippen LogP contribution in [0.5, 0.6) is 5.75 Å². The highest BCUT2D eigenvalue weighted by atomic mass is 16.5. The Morgan fingerprint density at radius 1 is 1.24 bits per heavy atom. The summed E-state index contributed by atoms with van der Waals surface area (Å²) in [6.07, 6.45) is 7.92. The molecule has 0 spiro atoms. The zero-order valence-corrected chi connectivity index (χ0v) is 17.6. The molecular formula is C22H31N5O2. The van der Waals surface area contributed by atoms with E-state index >= 15 is 0 Å². The van der Waals surface area contributed by atoms with E-state index in [2.05, 4.69) is 32.5 Å². The van der Waals surface area contributed by atoms with E-state index in [0.717, 1.165) is 23.6 Å². The third kappa shape index (κ3) is 6.71. The summed E-state index contributed by atoms with van der Waals surface area (Å²) in [6.45, 7) is 6.86. The number of anilines is 2. The minimum Gasteiger partial charge on any atom is -0.491 e. The molecule has 0 aliphatic carbocycles. The molecular weight excluding hydrogens is 366 g/mol. The molecule has 1 aromatic carbocycles. The Hall–Kier alpha value is -2.67. The number of carbonyl (C=O) groups is 1. The summed E-state index contributed by atoms with van der Waals surface area (Å²) in [5.41, 5.74) is 2.50. The molecule has 1 saturated heterocycles. The Labute approximate surface area is 172 Å². The fraction of sp³-hybridized carbons (Fsp3) is 0.500. The fourth-order valence-electron chi connectivity index (χ4n) is 3.66. The van der Waals surface area contributed by atoms with Gasteiger partial charge in [-0.2, -0.15) is 0 Å². The molecule has 1 fully saturated rings. The smallest absolute Gasteiger partial charge is 0.324 e. The van der Waals surface area contributed by atoms with Gasteiger partial charge in [0.2, 0.25) is 0 Å². The van der Waals surface area contributed by atoms with Crippen molar-refractivity contribution >= 4 is 17.5 Å². The van der Waals surface area contributed by atoms with Gasteiger partial charge in [-0.1, -0.05) is 6.07 Å². The molecule has 3 rings (SSSR count). The number of aromatic nitrogens is 2. The van der Waals surface area contributed by atoms with Crippen molar-refractivity contribution in [1.82, 2.24) is 14.9 Å². The molecule has 7 nitrogen and oxygen atoms in total. The molecule has 0 radical (unpaired) electrons. The predicted molar refractivity (Wildman–Crippen MR) is 116 cm³/mol. The van der Waals surface area contributed by atoms with Crippen molar-refractivity contribution in [1.29, 1.82) is 0 Å². The number of hydrogen-bond acceptors (Lipinski definition) is 5. The lowest BCUT2D eigenvalue weighted by Crippen LogP contribution is -2.32. The van der Waals surface area contributed by atoms with Crippen LogP contribution in [0.3, 0.4) is 0 Å². The highest BCUT2D eigenvalue weighted by molar-refractivity contribution is 6.00. The number of nitrogens with zero attached hydrogens (tertiary/aromatic N) is 3. The minimum absolute atomic E-state index is 0.371. The van der Waals surface area contributed by atoms with Crippen molar-refractivity contribution in [3.8, 4) is 5.75 Å². The number of hydrogen-bond donors (Lipinski definition) is 2. The van der Waals surface area contributed by atoms with Crippen LogP contribution in [0.2, 0.25) is 0 Å². The summed E-state index contributed by atoms with van der Waals surface area (Å²) in [4.78, 5) is 23.0. The zero-order chi connectivity index (χ0) is 20.6. The van der Waals surface area contributed by atoms with Crippen LogP contribution in [0.25, 0.3) is 0 Å². The normalized spacial score (nSPS) is 17.0. The summed E-state index contributed by atoms with van der Waals surface area (Å²) in [6, 6.07) is 5.43. The van der Waals surface area contributed by atoms with Gasteiger partial charge in [0, 0.05) is 6.54 Å². The minimum atomic E-state index is -0.371. The van der Waals surface area contributed by atoms with E-state index in [0.29, 0.717) is 23.9 Å². The molecule has 156 valence electrons. The maximum Gasteiger partial charge on any atom is 0.324 e. The van der Waals surface area contributed by atoms with Gasteiger partial charge in [0.25, 0.3) is 0 Å². The zero-order valence-electron chi connectivity index (χ0n) is 17.6. The Kier molecular flexibility index (Phi) is 7.41. The van der Waals surface area contributed by atoms with Gasteiger partial charge in [-0.15, -0.1) is 0 Å². The summed E-state index contributed by atoms with van der Waals surface area (Å²) in [5.74, 6) is 1.84. The Morgan fingerprint density at radius 3 is 2.86 bits per heavy atom. The molecule has 1 aromatic heterocycles. The highest BCUT2D eigenvalue weighted by Crippen LogP contribution is 2.27. The number of rotatable bonds is 7. The van der Waals surface area contributed by atoms with E-state index in [1.807, 2.05) is 32.0 Å². The molecule has 7 heteroatoms. The second-order valence-corrected chi connectivity index (χ2v) is 7.88. The number of urea groups is 1. The van der Waals surface area contributed by atoms with Crippen LogP contribution >= 0.6 is 0 Å². The molecule has 2 aromatic rings. The lowest BCUT2D eigenvalue weighted by atomic mass is 9.94. The van der Waals surface area contributed by atoms with Crippen LogP contribution in [0.4, 0.5) is 16.3 Å². The molecule has 1 aliphatic heterocycles. The molecule has 29 heavy (non-hydrogen) atoms. The van der Waals surface area contributed by atoms with Crippen molar-refractivity contribution < 1.29 is 9.53 Å². The molecule has 0 saturated carbocycles. The van der Waals surface area contributed by atoms with Gasteiger partial charge in [-0.3, -0.25) is 10.3 Å². The molecule has 0 bridgehead atoms. The van der Waals surface area contributed by atoms with Crippen molar-refractivity contribution in [2.24, 2.45) is 5.92 Å². The summed E-state index contributed by atoms with van der Waals surface area (Å²) < 4.78 is 5.99. The number of amides is 2. The number of likely N-dealkylation sites (tertiary alicyclic amines) is 1. The van der Waals surface area contributed by atoms with Crippen molar-refractivity contribution in [2.45, 2.75) is 39.5 Å². The van der Waals surface area contributed by atoms with Crippen LogP contribution in [0, 0.1) is 19.8 Å². The summed E-state index contributed by atoms with van der Waals surface area (Å²) in [5, 5.41) is 5.56.